The number of benzene rings is 1. The molecular weight excluding hydrogens is 226 g/mol. The van der Waals surface area contributed by atoms with Crippen molar-refractivity contribution < 1.29 is 9.47 Å². The van der Waals surface area contributed by atoms with E-state index in [0.29, 0.717) is 13.2 Å². The normalized spacial score (nSPS) is 17.7. The smallest absolute Gasteiger partial charge is 0.164 e. The predicted molar refractivity (Wildman–Crippen MR) is 73.4 cm³/mol. The predicted octanol–water partition coefficient (Wildman–Crippen LogP) is 2.86. The fraction of sp³-hybridized carbons (Fsp3) is 0.600. The largest absolute Gasteiger partial charge is 0.493 e. The molecule has 100 valence electrons. The highest BCUT2D eigenvalue weighted by Crippen LogP contribution is 2.46. The maximum atomic E-state index is 6.06. The quantitative estimate of drug-likeness (QED) is 0.872. The van der Waals surface area contributed by atoms with Gasteiger partial charge in [0.15, 0.2) is 11.5 Å². The zero-order valence-corrected chi connectivity index (χ0v) is 11.4. The van der Waals surface area contributed by atoms with E-state index in [0.717, 1.165) is 24.3 Å². The summed E-state index contributed by atoms with van der Waals surface area (Å²) in [6.07, 6.45) is 4.80. The summed E-state index contributed by atoms with van der Waals surface area (Å²) < 4.78 is 11.2. The Balaban J connectivity index is 2.48. The summed E-state index contributed by atoms with van der Waals surface area (Å²) in [7, 11) is 1.69. The fourth-order valence-electron chi connectivity index (χ4n) is 3.02. The summed E-state index contributed by atoms with van der Waals surface area (Å²) in [6.45, 7) is 3.33. The van der Waals surface area contributed by atoms with Crippen LogP contribution in [0, 0.1) is 0 Å². The van der Waals surface area contributed by atoms with Crippen LogP contribution in [0.1, 0.15) is 38.2 Å². The Kier molecular flexibility index (Phi) is 4.12. The average Bonchev–Trinajstić information content (AvgIpc) is 2.89. The Morgan fingerprint density at radius 1 is 1.28 bits per heavy atom. The SMILES string of the molecule is CCOc1c(OC)cccc1C1(CN)CCCC1. The second-order valence-corrected chi connectivity index (χ2v) is 4.96. The summed E-state index contributed by atoms with van der Waals surface area (Å²) in [5.74, 6) is 1.70. The average molecular weight is 249 g/mol. The summed E-state index contributed by atoms with van der Waals surface area (Å²) in [5, 5.41) is 0. The van der Waals surface area contributed by atoms with Crippen molar-refractivity contribution in [1.82, 2.24) is 0 Å². The minimum Gasteiger partial charge on any atom is -0.493 e. The second kappa shape index (κ2) is 5.61. The number of nitrogens with two attached hydrogens (primary N) is 1. The summed E-state index contributed by atoms with van der Waals surface area (Å²) in [4.78, 5) is 0. The monoisotopic (exact) mass is 249 g/mol. The Labute approximate surface area is 109 Å². The van der Waals surface area contributed by atoms with Gasteiger partial charge >= 0.3 is 0 Å². The van der Waals surface area contributed by atoms with Crippen LogP contribution in [0.15, 0.2) is 18.2 Å². The van der Waals surface area contributed by atoms with Crippen LogP contribution in [0.25, 0.3) is 0 Å². The highest BCUT2D eigenvalue weighted by molar-refractivity contribution is 5.50. The molecule has 0 radical (unpaired) electrons. The first-order valence-corrected chi connectivity index (χ1v) is 6.78. The van der Waals surface area contributed by atoms with E-state index in [-0.39, 0.29) is 5.41 Å². The maximum absolute atomic E-state index is 6.06. The fourth-order valence-corrected chi connectivity index (χ4v) is 3.02. The molecule has 0 aromatic heterocycles. The van der Waals surface area contributed by atoms with Crippen LogP contribution >= 0.6 is 0 Å². The van der Waals surface area contributed by atoms with Gasteiger partial charge in [-0.3, -0.25) is 0 Å². The Bertz CT molecular complexity index is 397. The van der Waals surface area contributed by atoms with Gasteiger partial charge < -0.3 is 15.2 Å². The van der Waals surface area contributed by atoms with Crippen molar-refractivity contribution in [2.75, 3.05) is 20.3 Å². The first kappa shape index (κ1) is 13.2. The number of para-hydroxylation sites is 1. The van der Waals surface area contributed by atoms with Crippen molar-refractivity contribution in [2.24, 2.45) is 5.73 Å². The van der Waals surface area contributed by atoms with Crippen LogP contribution in [0.3, 0.4) is 0 Å². The standard InChI is InChI=1S/C15H23NO2/c1-3-18-14-12(7-6-8-13(14)17-2)15(11-16)9-4-5-10-15/h6-8H,3-5,9-11,16H2,1-2H3. The molecule has 0 aliphatic heterocycles. The molecule has 2 rings (SSSR count). The van der Waals surface area contributed by atoms with Gasteiger partial charge in [0.05, 0.1) is 13.7 Å². The molecule has 1 saturated carbocycles. The second-order valence-electron chi connectivity index (χ2n) is 4.96. The van der Waals surface area contributed by atoms with Crippen molar-refractivity contribution in [3.05, 3.63) is 23.8 Å². The van der Waals surface area contributed by atoms with Crippen LogP contribution in [0.4, 0.5) is 0 Å². The van der Waals surface area contributed by atoms with Gasteiger partial charge in [0, 0.05) is 17.5 Å². The topological polar surface area (TPSA) is 44.5 Å². The molecule has 0 atom stereocenters. The van der Waals surface area contributed by atoms with E-state index in [2.05, 4.69) is 6.07 Å². The Hall–Kier alpha value is -1.22. The minimum atomic E-state index is 0.0824. The first-order chi connectivity index (χ1) is 8.77. The summed E-state index contributed by atoms with van der Waals surface area (Å²) in [5.41, 5.74) is 7.37. The van der Waals surface area contributed by atoms with Crippen LogP contribution < -0.4 is 15.2 Å². The molecule has 0 spiro atoms. The molecule has 1 aromatic rings. The molecule has 2 N–H and O–H groups in total. The molecule has 3 nitrogen and oxygen atoms in total. The lowest BCUT2D eigenvalue weighted by Crippen LogP contribution is -2.32. The van der Waals surface area contributed by atoms with Crippen molar-refractivity contribution in [3.63, 3.8) is 0 Å². The van der Waals surface area contributed by atoms with E-state index in [1.807, 2.05) is 19.1 Å². The van der Waals surface area contributed by atoms with E-state index in [9.17, 15) is 0 Å². The molecule has 1 aromatic carbocycles. The van der Waals surface area contributed by atoms with Gasteiger partial charge in [-0.2, -0.15) is 0 Å². The lowest BCUT2D eigenvalue weighted by Gasteiger charge is -2.30. The molecule has 0 bridgehead atoms. The molecule has 3 heteroatoms. The number of hydrogen-bond donors (Lipinski definition) is 1. The van der Waals surface area contributed by atoms with Gasteiger partial charge in [0.25, 0.3) is 0 Å². The third kappa shape index (κ3) is 2.19. The molecule has 0 amide bonds. The van der Waals surface area contributed by atoms with E-state index in [1.165, 1.54) is 18.4 Å². The van der Waals surface area contributed by atoms with Gasteiger partial charge in [-0.05, 0) is 25.8 Å². The van der Waals surface area contributed by atoms with E-state index < -0.39 is 0 Å². The van der Waals surface area contributed by atoms with Crippen molar-refractivity contribution in [3.8, 4) is 11.5 Å². The van der Waals surface area contributed by atoms with E-state index in [4.69, 9.17) is 15.2 Å². The summed E-state index contributed by atoms with van der Waals surface area (Å²) in [6, 6.07) is 6.13. The van der Waals surface area contributed by atoms with Crippen molar-refractivity contribution in [1.29, 1.82) is 0 Å². The molecule has 18 heavy (non-hydrogen) atoms. The van der Waals surface area contributed by atoms with Crippen molar-refractivity contribution >= 4 is 0 Å². The van der Waals surface area contributed by atoms with Crippen molar-refractivity contribution in [2.45, 2.75) is 38.0 Å². The highest BCUT2D eigenvalue weighted by Gasteiger charge is 2.37. The summed E-state index contributed by atoms with van der Waals surface area (Å²) >= 11 is 0. The highest BCUT2D eigenvalue weighted by atomic mass is 16.5. The molecule has 0 unspecified atom stereocenters. The minimum absolute atomic E-state index is 0.0824. The van der Waals surface area contributed by atoms with Gasteiger partial charge in [-0.25, -0.2) is 0 Å². The Morgan fingerprint density at radius 3 is 2.56 bits per heavy atom. The zero-order valence-electron chi connectivity index (χ0n) is 11.4. The molecule has 0 saturated heterocycles. The van der Waals surface area contributed by atoms with Crippen LogP contribution in [-0.4, -0.2) is 20.3 Å². The molecule has 1 aliphatic rings. The molecule has 0 heterocycles. The number of rotatable bonds is 5. The maximum Gasteiger partial charge on any atom is 0.164 e. The third-order valence-corrected chi connectivity index (χ3v) is 4.01. The molecule has 1 aliphatic carbocycles. The zero-order chi connectivity index (χ0) is 13.0. The van der Waals surface area contributed by atoms with Gasteiger partial charge in [-0.1, -0.05) is 25.0 Å². The molecule has 1 fully saturated rings. The number of hydrogen-bond acceptors (Lipinski definition) is 3. The third-order valence-electron chi connectivity index (χ3n) is 4.01. The lowest BCUT2D eigenvalue weighted by atomic mass is 9.78. The van der Waals surface area contributed by atoms with Gasteiger partial charge in [0.2, 0.25) is 0 Å². The van der Waals surface area contributed by atoms with Crippen LogP contribution in [-0.2, 0) is 5.41 Å². The van der Waals surface area contributed by atoms with Crippen LogP contribution in [0.5, 0.6) is 11.5 Å². The van der Waals surface area contributed by atoms with E-state index in [1.54, 1.807) is 7.11 Å². The number of ether oxygens (including phenoxy) is 2. The lowest BCUT2D eigenvalue weighted by molar-refractivity contribution is 0.296. The van der Waals surface area contributed by atoms with Crippen LogP contribution in [0.2, 0.25) is 0 Å². The first-order valence-electron chi connectivity index (χ1n) is 6.78. The van der Waals surface area contributed by atoms with E-state index >= 15 is 0 Å². The van der Waals surface area contributed by atoms with Gasteiger partial charge in [0.1, 0.15) is 0 Å². The Morgan fingerprint density at radius 2 is 2.00 bits per heavy atom. The molecular formula is C15H23NO2. The number of methoxy groups -OCH3 is 1. The van der Waals surface area contributed by atoms with Gasteiger partial charge in [-0.15, -0.1) is 0 Å².